The van der Waals surface area contributed by atoms with Crippen LogP contribution in [0.2, 0.25) is 0 Å². The zero-order valence-electron chi connectivity index (χ0n) is 12.4. The summed E-state index contributed by atoms with van der Waals surface area (Å²) < 4.78 is 1.35. The van der Waals surface area contributed by atoms with Crippen LogP contribution in [-0.2, 0) is 6.54 Å². The standard InChI is InChI=1S/C13H24N4O3/c1-7(2)6-17-11(14)10(12(19)16-13(17)20)15-8(3)5-9(4)18/h7-9,15,18H,5-6,14H2,1-4H3,(H,16,19,20). The van der Waals surface area contributed by atoms with Crippen molar-refractivity contribution in [3.63, 3.8) is 0 Å². The smallest absolute Gasteiger partial charge is 0.330 e. The summed E-state index contributed by atoms with van der Waals surface area (Å²) in [6.45, 7) is 7.86. The van der Waals surface area contributed by atoms with Gasteiger partial charge in [-0.15, -0.1) is 0 Å². The number of aliphatic hydroxyl groups excluding tert-OH is 1. The van der Waals surface area contributed by atoms with E-state index < -0.39 is 17.4 Å². The van der Waals surface area contributed by atoms with Gasteiger partial charge in [-0.05, 0) is 26.2 Å². The zero-order valence-corrected chi connectivity index (χ0v) is 12.4. The molecule has 1 heterocycles. The van der Waals surface area contributed by atoms with Crippen molar-refractivity contribution in [3.05, 3.63) is 20.8 Å². The Morgan fingerprint density at radius 1 is 1.30 bits per heavy atom. The first-order valence-corrected chi connectivity index (χ1v) is 6.79. The molecule has 5 N–H and O–H groups in total. The first kappa shape index (κ1) is 16.3. The third kappa shape index (κ3) is 4.12. The van der Waals surface area contributed by atoms with Gasteiger partial charge in [-0.2, -0.15) is 0 Å². The molecule has 7 heteroatoms. The van der Waals surface area contributed by atoms with E-state index in [0.717, 1.165) is 0 Å². The summed E-state index contributed by atoms with van der Waals surface area (Å²) in [6.07, 6.45) is -0.0123. The van der Waals surface area contributed by atoms with Gasteiger partial charge in [-0.3, -0.25) is 14.3 Å². The maximum atomic E-state index is 11.8. The lowest BCUT2D eigenvalue weighted by Gasteiger charge is -2.19. The zero-order chi connectivity index (χ0) is 15.4. The Balaban J connectivity index is 3.13. The van der Waals surface area contributed by atoms with Gasteiger partial charge in [0.1, 0.15) is 11.5 Å². The molecule has 0 radical (unpaired) electrons. The van der Waals surface area contributed by atoms with E-state index in [2.05, 4.69) is 10.3 Å². The lowest BCUT2D eigenvalue weighted by Crippen LogP contribution is -2.36. The lowest BCUT2D eigenvalue weighted by molar-refractivity contribution is 0.179. The Hall–Kier alpha value is -1.76. The molecule has 0 amide bonds. The molecule has 0 aliphatic rings. The number of aromatic amines is 1. The predicted octanol–water partition coefficient (Wildman–Crippen LogP) is 0.346. The quantitative estimate of drug-likeness (QED) is 0.602. The fourth-order valence-electron chi connectivity index (χ4n) is 2.09. The number of nitrogens with two attached hydrogens (primary N) is 1. The highest BCUT2D eigenvalue weighted by Crippen LogP contribution is 2.14. The number of nitrogen functional groups attached to an aromatic ring is 1. The normalized spacial score (nSPS) is 14.3. The number of rotatable bonds is 6. The molecule has 0 saturated heterocycles. The average Bonchev–Trinajstić information content (AvgIpc) is 2.29. The summed E-state index contributed by atoms with van der Waals surface area (Å²) in [6, 6.07) is -0.136. The van der Waals surface area contributed by atoms with Gasteiger partial charge < -0.3 is 16.2 Å². The van der Waals surface area contributed by atoms with Crippen LogP contribution in [0.5, 0.6) is 0 Å². The summed E-state index contributed by atoms with van der Waals surface area (Å²) in [7, 11) is 0. The van der Waals surface area contributed by atoms with Gasteiger partial charge in [0.25, 0.3) is 5.56 Å². The van der Waals surface area contributed by atoms with Crippen LogP contribution < -0.4 is 22.3 Å². The van der Waals surface area contributed by atoms with E-state index in [9.17, 15) is 14.7 Å². The van der Waals surface area contributed by atoms with Crippen LogP contribution in [0.15, 0.2) is 9.59 Å². The fourth-order valence-corrected chi connectivity index (χ4v) is 2.09. The maximum absolute atomic E-state index is 11.8. The molecule has 0 spiro atoms. The Morgan fingerprint density at radius 3 is 2.40 bits per heavy atom. The molecule has 7 nitrogen and oxygen atoms in total. The van der Waals surface area contributed by atoms with Crippen LogP contribution in [0.3, 0.4) is 0 Å². The monoisotopic (exact) mass is 284 g/mol. The second kappa shape index (κ2) is 6.60. The van der Waals surface area contributed by atoms with Crippen molar-refractivity contribution in [1.29, 1.82) is 0 Å². The number of nitrogens with zero attached hydrogens (tertiary/aromatic N) is 1. The Labute approximate surface area is 117 Å². The Kier molecular flexibility index (Phi) is 5.38. The molecular formula is C13H24N4O3. The predicted molar refractivity (Wildman–Crippen MR) is 80.0 cm³/mol. The van der Waals surface area contributed by atoms with Gasteiger partial charge in [0, 0.05) is 12.6 Å². The number of nitrogens with one attached hydrogen (secondary N) is 2. The molecular weight excluding hydrogens is 260 g/mol. The van der Waals surface area contributed by atoms with E-state index in [4.69, 9.17) is 5.73 Å². The molecule has 1 aromatic heterocycles. The molecule has 20 heavy (non-hydrogen) atoms. The van der Waals surface area contributed by atoms with E-state index in [0.29, 0.717) is 13.0 Å². The summed E-state index contributed by atoms with van der Waals surface area (Å²) in [5.74, 6) is 0.355. The summed E-state index contributed by atoms with van der Waals surface area (Å²) >= 11 is 0. The van der Waals surface area contributed by atoms with Gasteiger partial charge in [-0.25, -0.2) is 4.79 Å². The second-order valence-electron chi connectivity index (χ2n) is 5.65. The molecule has 0 fully saturated rings. The minimum atomic E-state index is -0.537. The Morgan fingerprint density at radius 2 is 1.90 bits per heavy atom. The molecule has 0 aliphatic heterocycles. The van der Waals surface area contributed by atoms with E-state index in [1.807, 2.05) is 20.8 Å². The first-order chi connectivity index (χ1) is 9.22. The van der Waals surface area contributed by atoms with Gasteiger partial charge in [0.05, 0.1) is 6.10 Å². The molecule has 0 aromatic carbocycles. The maximum Gasteiger partial charge on any atom is 0.330 e. The van der Waals surface area contributed by atoms with E-state index in [-0.39, 0.29) is 23.5 Å². The van der Waals surface area contributed by atoms with Crippen LogP contribution in [0.25, 0.3) is 0 Å². The van der Waals surface area contributed by atoms with Crippen LogP contribution in [-0.4, -0.2) is 26.8 Å². The van der Waals surface area contributed by atoms with Crippen molar-refractivity contribution in [2.75, 3.05) is 11.1 Å². The molecule has 1 rings (SSSR count). The number of H-pyrrole nitrogens is 1. The highest BCUT2D eigenvalue weighted by atomic mass is 16.3. The molecule has 2 unspecified atom stereocenters. The molecule has 114 valence electrons. The van der Waals surface area contributed by atoms with Gasteiger partial charge in [-0.1, -0.05) is 13.8 Å². The number of hydrogen-bond acceptors (Lipinski definition) is 5. The van der Waals surface area contributed by atoms with Crippen molar-refractivity contribution in [1.82, 2.24) is 9.55 Å². The van der Waals surface area contributed by atoms with Crippen molar-refractivity contribution < 1.29 is 5.11 Å². The summed E-state index contributed by atoms with van der Waals surface area (Å²) in [5, 5.41) is 12.3. The Bertz CT molecular complexity index is 560. The van der Waals surface area contributed by atoms with Crippen LogP contribution in [0.1, 0.15) is 34.1 Å². The minimum Gasteiger partial charge on any atom is -0.393 e. The average molecular weight is 284 g/mol. The number of aromatic nitrogens is 2. The highest BCUT2D eigenvalue weighted by molar-refractivity contribution is 5.60. The molecule has 2 atom stereocenters. The van der Waals surface area contributed by atoms with Crippen molar-refractivity contribution in [2.24, 2.45) is 5.92 Å². The van der Waals surface area contributed by atoms with E-state index >= 15 is 0 Å². The number of hydrogen-bond donors (Lipinski definition) is 4. The highest BCUT2D eigenvalue weighted by Gasteiger charge is 2.15. The van der Waals surface area contributed by atoms with Crippen molar-refractivity contribution in [2.45, 2.75) is 52.8 Å². The minimum absolute atomic E-state index is 0.130. The molecule has 1 aromatic rings. The van der Waals surface area contributed by atoms with Crippen LogP contribution in [0.4, 0.5) is 11.5 Å². The van der Waals surface area contributed by atoms with E-state index in [1.54, 1.807) is 6.92 Å². The molecule has 0 saturated carbocycles. The largest absolute Gasteiger partial charge is 0.393 e. The van der Waals surface area contributed by atoms with Crippen molar-refractivity contribution in [3.8, 4) is 0 Å². The molecule has 0 aliphatic carbocycles. The van der Waals surface area contributed by atoms with Gasteiger partial charge in [0.15, 0.2) is 0 Å². The van der Waals surface area contributed by atoms with Gasteiger partial charge in [0.2, 0.25) is 0 Å². The van der Waals surface area contributed by atoms with Crippen LogP contribution in [0, 0.1) is 5.92 Å². The fraction of sp³-hybridized carbons (Fsp3) is 0.692. The first-order valence-electron chi connectivity index (χ1n) is 6.79. The summed E-state index contributed by atoms with van der Waals surface area (Å²) in [4.78, 5) is 25.9. The SMILES string of the molecule is CC(C)Cn1c(N)c(NC(C)CC(C)O)c(=O)[nH]c1=O. The van der Waals surface area contributed by atoms with E-state index in [1.165, 1.54) is 4.57 Å². The van der Waals surface area contributed by atoms with Crippen molar-refractivity contribution >= 4 is 11.5 Å². The summed E-state index contributed by atoms with van der Waals surface area (Å²) in [5.41, 5.74) is 5.07. The number of aliphatic hydroxyl groups is 1. The van der Waals surface area contributed by atoms with Crippen LogP contribution >= 0.6 is 0 Å². The number of anilines is 2. The second-order valence-corrected chi connectivity index (χ2v) is 5.65. The third-order valence-electron chi connectivity index (χ3n) is 2.87. The third-order valence-corrected chi connectivity index (χ3v) is 2.87. The molecule has 0 bridgehead atoms. The topological polar surface area (TPSA) is 113 Å². The van der Waals surface area contributed by atoms with Gasteiger partial charge >= 0.3 is 5.69 Å². The lowest BCUT2D eigenvalue weighted by atomic mass is 10.1.